The van der Waals surface area contributed by atoms with Crippen LogP contribution in [0, 0.1) is 5.92 Å². The maximum atomic E-state index is 13.1. The summed E-state index contributed by atoms with van der Waals surface area (Å²) < 4.78 is 49.5. The number of carbonyl (C=O) groups excluding carboxylic acids is 2. The fourth-order valence-corrected chi connectivity index (χ4v) is 3.70. The van der Waals surface area contributed by atoms with E-state index < -0.39 is 30.6 Å². The average molecular weight is 400 g/mol. The molecule has 2 fully saturated rings. The highest BCUT2D eigenvalue weighted by atomic mass is 19.4. The van der Waals surface area contributed by atoms with Gasteiger partial charge in [0.2, 0.25) is 11.8 Å². The topological polar surface area (TPSA) is 59.1 Å². The van der Waals surface area contributed by atoms with Crippen molar-refractivity contribution >= 4 is 17.5 Å². The van der Waals surface area contributed by atoms with Crippen molar-refractivity contribution in [3.63, 3.8) is 0 Å². The Hall–Kier alpha value is -2.29. The molecule has 0 N–H and O–H groups in total. The summed E-state index contributed by atoms with van der Waals surface area (Å²) in [5.74, 6) is -1.06. The molecule has 0 aliphatic carbocycles. The smallest absolute Gasteiger partial charge is 0.406 e. The molecule has 154 valence electrons. The van der Waals surface area contributed by atoms with Crippen molar-refractivity contribution in [3.05, 3.63) is 24.3 Å². The van der Waals surface area contributed by atoms with E-state index in [2.05, 4.69) is 0 Å². The molecule has 3 rings (SSSR count). The van der Waals surface area contributed by atoms with Gasteiger partial charge in [-0.25, -0.2) is 0 Å². The number of ether oxygens (including phenoxy) is 2. The summed E-state index contributed by atoms with van der Waals surface area (Å²) in [6, 6.07) is 6.24. The minimum absolute atomic E-state index is 0.0710. The SMILES string of the molecule is COc1ccc(N2CC(C(=O)N(CC(F)(F)F)C3CCOCC3)CC2=O)cc1. The quantitative estimate of drug-likeness (QED) is 0.763. The summed E-state index contributed by atoms with van der Waals surface area (Å²) in [6.07, 6.45) is -3.86. The monoisotopic (exact) mass is 400 g/mol. The Balaban J connectivity index is 1.74. The van der Waals surface area contributed by atoms with Gasteiger partial charge in [0, 0.05) is 37.9 Å². The van der Waals surface area contributed by atoms with E-state index in [1.54, 1.807) is 24.3 Å². The van der Waals surface area contributed by atoms with Crippen LogP contribution in [0.25, 0.3) is 0 Å². The van der Waals surface area contributed by atoms with E-state index in [1.807, 2.05) is 0 Å². The minimum Gasteiger partial charge on any atom is -0.497 e. The van der Waals surface area contributed by atoms with Gasteiger partial charge in [0.1, 0.15) is 12.3 Å². The number of methoxy groups -OCH3 is 1. The largest absolute Gasteiger partial charge is 0.497 e. The fraction of sp³-hybridized carbons (Fsp3) is 0.579. The predicted molar refractivity (Wildman–Crippen MR) is 95.1 cm³/mol. The Kier molecular flexibility index (Phi) is 6.12. The van der Waals surface area contributed by atoms with Crippen molar-refractivity contribution in [2.24, 2.45) is 5.92 Å². The Bertz CT molecular complexity index is 702. The molecule has 2 aliphatic rings. The highest BCUT2D eigenvalue weighted by Crippen LogP contribution is 2.30. The van der Waals surface area contributed by atoms with Crippen molar-refractivity contribution in [3.8, 4) is 5.75 Å². The first-order valence-electron chi connectivity index (χ1n) is 9.18. The van der Waals surface area contributed by atoms with Gasteiger partial charge in [-0.3, -0.25) is 9.59 Å². The Morgan fingerprint density at radius 2 is 1.89 bits per heavy atom. The van der Waals surface area contributed by atoms with Crippen LogP contribution >= 0.6 is 0 Å². The van der Waals surface area contributed by atoms with Crippen LogP contribution in [0.3, 0.4) is 0 Å². The molecule has 1 atom stereocenters. The standard InChI is InChI=1S/C19H23F3N2O4/c1-27-16-4-2-14(3-5-16)23-11-13(10-17(23)25)18(26)24(12-19(20,21)22)15-6-8-28-9-7-15/h2-5,13,15H,6-12H2,1H3. The Morgan fingerprint density at radius 1 is 1.25 bits per heavy atom. The lowest BCUT2D eigenvalue weighted by Gasteiger charge is -2.36. The molecule has 2 saturated heterocycles. The van der Waals surface area contributed by atoms with Gasteiger partial charge in [-0.2, -0.15) is 13.2 Å². The van der Waals surface area contributed by atoms with Gasteiger partial charge in [0.05, 0.1) is 13.0 Å². The molecule has 1 unspecified atom stereocenters. The van der Waals surface area contributed by atoms with Crippen molar-refractivity contribution in [2.45, 2.75) is 31.5 Å². The van der Waals surface area contributed by atoms with Crippen molar-refractivity contribution in [2.75, 3.05) is 38.3 Å². The number of nitrogens with zero attached hydrogens (tertiary/aromatic N) is 2. The lowest BCUT2D eigenvalue weighted by molar-refractivity contribution is -0.171. The third kappa shape index (κ3) is 4.76. The zero-order valence-electron chi connectivity index (χ0n) is 15.6. The molecule has 1 aromatic rings. The number of anilines is 1. The molecule has 28 heavy (non-hydrogen) atoms. The van der Waals surface area contributed by atoms with Gasteiger partial charge in [0.15, 0.2) is 0 Å². The summed E-state index contributed by atoms with van der Waals surface area (Å²) in [4.78, 5) is 27.7. The molecule has 9 heteroatoms. The van der Waals surface area contributed by atoms with E-state index in [0.717, 1.165) is 4.90 Å². The molecular weight excluding hydrogens is 377 g/mol. The number of carbonyl (C=O) groups is 2. The maximum absolute atomic E-state index is 13.1. The molecule has 0 bridgehead atoms. The van der Waals surface area contributed by atoms with Crippen LogP contribution in [0.5, 0.6) is 5.75 Å². The summed E-state index contributed by atoms with van der Waals surface area (Å²) in [5, 5.41) is 0. The average Bonchev–Trinajstić information content (AvgIpc) is 3.07. The highest BCUT2D eigenvalue weighted by Gasteiger charge is 2.43. The van der Waals surface area contributed by atoms with Crippen LogP contribution in [0.1, 0.15) is 19.3 Å². The minimum atomic E-state index is -4.49. The van der Waals surface area contributed by atoms with Crippen LogP contribution in [-0.4, -0.2) is 62.3 Å². The van der Waals surface area contributed by atoms with Crippen LogP contribution in [0.4, 0.5) is 18.9 Å². The number of hydrogen-bond acceptors (Lipinski definition) is 4. The Labute approximate surface area is 161 Å². The second-order valence-electron chi connectivity index (χ2n) is 7.03. The first kappa shape index (κ1) is 20.4. The second kappa shape index (κ2) is 8.38. The molecule has 2 amide bonds. The van der Waals surface area contributed by atoms with E-state index in [1.165, 1.54) is 12.0 Å². The predicted octanol–water partition coefficient (Wildman–Crippen LogP) is 2.62. The maximum Gasteiger partial charge on any atom is 0.406 e. The molecule has 2 heterocycles. The number of alkyl halides is 3. The molecule has 0 spiro atoms. The summed E-state index contributed by atoms with van der Waals surface area (Å²) in [5.41, 5.74) is 0.592. The van der Waals surface area contributed by atoms with Crippen LogP contribution in [0.2, 0.25) is 0 Å². The number of rotatable bonds is 5. The molecule has 0 radical (unpaired) electrons. The summed E-state index contributed by atoms with van der Waals surface area (Å²) >= 11 is 0. The lowest BCUT2D eigenvalue weighted by Crippen LogP contribution is -2.50. The molecule has 1 aromatic carbocycles. The molecular formula is C19H23F3N2O4. The first-order chi connectivity index (χ1) is 13.3. The number of hydrogen-bond donors (Lipinski definition) is 0. The van der Waals surface area contributed by atoms with E-state index in [0.29, 0.717) is 37.5 Å². The van der Waals surface area contributed by atoms with E-state index >= 15 is 0 Å². The van der Waals surface area contributed by atoms with Crippen LogP contribution in [0.15, 0.2) is 24.3 Å². The van der Waals surface area contributed by atoms with E-state index in [9.17, 15) is 22.8 Å². The van der Waals surface area contributed by atoms with E-state index in [4.69, 9.17) is 9.47 Å². The van der Waals surface area contributed by atoms with Gasteiger partial charge in [-0.05, 0) is 37.1 Å². The molecule has 2 aliphatic heterocycles. The van der Waals surface area contributed by atoms with Crippen molar-refractivity contribution in [1.29, 1.82) is 0 Å². The Morgan fingerprint density at radius 3 is 2.46 bits per heavy atom. The number of halogens is 3. The summed E-state index contributed by atoms with van der Waals surface area (Å²) in [6.45, 7) is -0.576. The van der Waals surface area contributed by atoms with Gasteiger partial charge >= 0.3 is 6.18 Å². The zero-order chi connectivity index (χ0) is 20.3. The van der Waals surface area contributed by atoms with Crippen molar-refractivity contribution < 1.29 is 32.2 Å². The van der Waals surface area contributed by atoms with Crippen molar-refractivity contribution in [1.82, 2.24) is 4.90 Å². The fourth-order valence-electron chi connectivity index (χ4n) is 3.70. The first-order valence-corrected chi connectivity index (χ1v) is 9.18. The molecule has 0 aromatic heterocycles. The molecule has 0 saturated carbocycles. The number of amides is 2. The third-order valence-corrected chi connectivity index (χ3v) is 5.12. The van der Waals surface area contributed by atoms with E-state index in [-0.39, 0.29) is 18.9 Å². The highest BCUT2D eigenvalue weighted by molar-refractivity contribution is 6.00. The van der Waals surface area contributed by atoms with Gasteiger partial charge < -0.3 is 19.3 Å². The zero-order valence-corrected chi connectivity index (χ0v) is 15.6. The van der Waals surface area contributed by atoms with Gasteiger partial charge in [-0.1, -0.05) is 0 Å². The van der Waals surface area contributed by atoms with Crippen LogP contribution < -0.4 is 9.64 Å². The van der Waals surface area contributed by atoms with Crippen LogP contribution in [-0.2, 0) is 14.3 Å². The third-order valence-electron chi connectivity index (χ3n) is 5.12. The normalized spacial score (nSPS) is 21.1. The van der Waals surface area contributed by atoms with Gasteiger partial charge in [-0.15, -0.1) is 0 Å². The number of benzene rings is 1. The van der Waals surface area contributed by atoms with Gasteiger partial charge in [0.25, 0.3) is 0 Å². The molecule has 6 nitrogen and oxygen atoms in total. The lowest BCUT2D eigenvalue weighted by atomic mass is 10.0. The second-order valence-corrected chi connectivity index (χ2v) is 7.03. The summed E-state index contributed by atoms with van der Waals surface area (Å²) in [7, 11) is 1.52.